The summed E-state index contributed by atoms with van der Waals surface area (Å²) in [4.78, 5) is 4.65. The van der Waals surface area contributed by atoms with Gasteiger partial charge in [-0.25, -0.2) is 4.99 Å². The molecule has 0 spiro atoms. The Bertz CT molecular complexity index is 349. The van der Waals surface area contributed by atoms with E-state index < -0.39 is 0 Å². The summed E-state index contributed by atoms with van der Waals surface area (Å²) in [6, 6.07) is 0. The predicted octanol–water partition coefficient (Wildman–Crippen LogP) is 4.66. The van der Waals surface area contributed by atoms with Crippen LogP contribution in [0.5, 0.6) is 0 Å². The zero-order chi connectivity index (χ0) is 16.3. The Kier molecular flexibility index (Phi) is 9.65. The number of aliphatic hydroxyl groups is 1. The Labute approximate surface area is 137 Å². The molecule has 3 nitrogen and oxygen atoms in total. The molecule has 0 saturated carbocycles. The number of hydrogen-bond acceptors (Lipinski definition) is 2. The highest BCUT2D eigenvalue weighted by Crippen LogP contribution is 2.22. The SMILES string of the molecule is CCCCCCCC/C=C/CCC1=NCC[N+]1(CC)C(C)O. The molecule has 1 aliphatic heterocycles. The maximum atomic E-state index is 10.1. The molecule has 0 bridgehead atoms. The molecule has 128 valence electrons. The first-order valence-corrected chi connectivity index (χ1v) is 9.41. The second-order valence-electron chi connectivity index (χ2n) is 6.57. The minimum atomic E-state index is -0.335. The average Bonchev–Trinajstić information content (AvgIpc) is 2.93. The van der Waals surface area contributed by atoms with Gasteiger partial charge in [-0.3, -0.25) is 4.48 Å². The second-order valence-corrected chi connectivity index (χ2v) is 6.57. The molecule has 0 aromatic heterocycles. The number of allylic oxidation sites excluding steroid dienone is 2. The predicted molar refractivity (Wildman–Crippen MR) is 96.0 cm³/mol. The standard InChI is InChI=1S/C19H37N2O/c1-4-6-7-8-9-10-11-12-13-14-15-19-20-16-17-21(19,5-2)18(3)22/h12-13,18,22H,4-11,14-17H2,1-3H3/q+1/b13-12+. The Morgan fingerprint density at radius 1 is 1.09 bits per heavy atom. The van der Waals surface area contributed by atoms with Gasteiger partial charge in [0.25, 0.3) is 0 Å². The van der Waals surface area contributed by atoms with Gasteiger partial charge in [-0.05, 0) is 26.2 Å². The number of rotatable bonds is 12. The van der Waals surface area contributed by atoms with E-state index in [4.69, 9.17) is 0 Å². The van der Waals surface area contributed by atoms with Gasteiger partial charge in [0, 0.05) is 13.3 Å². The Morgan fingerprint density at radius 3 is 2.45 bits per heavy atom. The van der Waals surface area contributed by atoms with Gasteiger partial charge in [0.15, 0.2) is 6.23 Å². The van der Waals surface area contributed by atoms with Crippen molar-refractivity contribution in [1.29, 1.82) is 0 Å². The fourth-order valence-electron chi connectivity index (χ4n) is 3.43. The first kappa shape index (κ1) is 19.4. The number of unbranched alkanes of at least 4 members (excludes halogenated alkanes) is 6. The average molecular weight is 310 g/mol. The molecule has 2 unspecified atom stereocenters. The summed E-state index contributed by atoms with van der Waals surface area (Å²) in [5.41, 5.74) is 0. The molecular formula is C19H37N2O+. The van der Waals surface area contributed by atoms with Crippen LogP contribution in [0, 0.1) is 0 Å². The van der Waals surface area contributed by atoms with Crippen LogP contribution in [0.4, 0.5) is 0 Å². The summed E-state index contributed by atoms with van der Waals surface area (Å²) in [6.07, 6.45) is 15.8. The summed E-state index contributed by atoms with van der Waals surface area (Å²) in [7, 11) is 0. The van der Waals surface area contributed by atoms with E-state index in [1.807, 2.05) is 6.92 Å². The number of hydrogen-bond donors (Lipinski definition) is 1. The van der Waals surface area contributed by atoms with Crippen LogP contribution in [-0.4, -0.2) is 41.3 Å². The number of aliphatic imine (C=N–C) groups is 1. The molecule has 0 radical (unpaired) electrons. The fourth-order valence-corrected chi connectivity index (χ4v) is 3.43. The van der Waals surface area contributed by atoms with Crippen molar-refractivity contribution in [3.8, 4) is 0 Å². The lowest BCUT2D eigenvalue weighted by atomic mass is 10.1. The molecule has 0 aromatic rings. The van der Waals surface area contributed by atoms with Crippen molar-refractivity contribution in [1.82, 2.24) is 0 Å². The molecule has 3 heteroatoms. The van der Waals surface area contributed by atoms with Gasteiger partial charge in [0.2, 0.25) is 5.84 Å². The van der Waals surface area contributed by atoms with Crippen LogP contribution in [0.25, 0.3) is 0 Å². The lowest BCUT2D eigenvalue weighted by Gasteiger charge is -2.36. The van der Waals surface area contributed by atoms with E-state index in [9.17, 15) is 5.11 Å². The minimum absolute atomic E-state index is 0.335. The van der Waals surface area contributed by atoms with Gasteiger partial charge >= 0.3 is 0 Å². The zero-order valence-corrected chi connectivity index (χ0v) is 15.1. The summed E-state index contributed by atoms with van der Waals surface area (Å²) in [5, 5.41) is 10.1. The zero-order valence-electron chi connectivity index (χ0n) is 15.1. The quantitative estimate of drug-likeness (QED) is 0.317. The van der Waals surface area contributed by atoms with Gasteiger partial charge in [-0.1, -0.05) is 51.2 Å². The highest BCUT2D eigenvalue weighted by atomic mass is 16.3. The van der Waals surface area contributed by atoms with Crippen LogP contribution >= 0.6 is 0 Å². The van der Waals surface area contributed by atoms with Crippen molar-refractivity contribution in [2.24, 2.45) is 4.99 Å². The number of quaternary nitrogens is 1. The third-order valence-electron chi connectivity index (χ3n) is 5.01. The molecule has 1 rings (SSSR count). The van der Waals surface area contributed by atoms with E-state index in [0.717, 1.165) is 32.5 Å². The number of amidine groups is 1. The lowest BCUT2D eigenvalue weighted by Crippen LogP contribution is -2.56. The normalized spacial score (nSPS) is 23.2. The van der Waals surface area contributed by atoms with Crippen molar-refractivity contribution in [3.05, 3.63) is 12.2 Å². The Morgan fingerprint density at radius 2 is 1.77 bits per heavy atom. The van der Waals surface area contributed by atoms with Gasteiger partial charge in [-0.15, -0.1) is 0 Å². The summed E-state index contributed by atoms with van der Waals surface area (Å²) in [5.74, 6) is 1.20. The van der Waals surface area contributed by atoms with E-state index in [0.29, 0.717) is 4.48 Å². The molecule has 1 N–H and O–H groups in total. The maximum Gasteiger partial charge on any atom is 0.200 e. The molecule has 2 atom stereocenters. The van der Waals surface area contributed by atoms with E-state index >= 15 is 0 Å². The van der Waals surface area contributed by atoms with Crippen LogP contribution in [-0.2, 0) is 0 Å². The monoisotopic (exact) mass is 309 g/mol. The minimum Gasteiger partial charge on any atom is -0.345 e. The lowest BCUT2D eigenvalue weighted by molar-refractivity contribution is -0.882. The third-order valence-corrected chi connectivity index (χ3v) is 5.01. The van der Waals surface area contributed by atoms with Crippen LogP contribution < -0.4 is 0 Å². The smallest absolute Gasteiger partial charge is 0.200 e. The first-order valence-electron chi connectivity index (χ1n) is 9.41. The summed E-state index contributed by atoms with van der Waals surface area (Å²) >= 11 is 0. The third kappa shape index (κ3) is 5.85. The molecule has 1 heterocycles. The summed E-state index contributed by atoms with van der Waals surface area (Å²) < 4.78 is 0.686. The molecule has 0 aliphatic carbocycles. The van der Waals surface area contributed by atoms with E-state index in [2.05, 4.69) is 31.0 Å². The van der Waals surface area contributed by atoms with Crippen molar-refractivity contribution in [2.45, 2.75) is 84.8 Å². The highest BCUT2D eigenvalue weighted by Gasteiger charge is 2.40. The molecule has 1 aliphatic rings. The van der Waals surface area contributed by atoms with Crippen molar-refractivity contribution in [3.63, 3.8) is 0 Å². The Hall–Kier alpha value is -0.670. The molecular weight excluding hydrogens is 272 g/mol. The molecule has 0 saturated heterocycles. The molecule has 0 fully saturated rings. The van der Waals surface area contributed by atoms with Gasteiger partial charge in [-0.2, -0.15) is 0 Å². The topological polar surface area (TPSA) is 32.6 Å². The van der Waals surface area contributed by atoms with E-state index in [1.165, 1.54) is 50.8 Å². The van der Waals surface area contributed by atoms with Crippen LogP contribution in [0.15, 0.2) is 17.1 Å². The number of nitrogens with zero attached hydrogens (tertiary/aromatic N) is 2. The van der Waals surface area contributed by atoms with Crippen LogP contribution in [0.1, 0.15) is 78.6 Å². The molecule has 0 aromatic carbocycles. The molecule has 22 heavy (non-hydrogen) atoms. The Balaban J connectivity index is 2.17. The van der Waals surface area contributed by atoms with E-state index in [1.54, 1.807) is 0 Å². The first-order chi connectivity index (χ1) is 10.7. The van der Waals surface area contributed by atoms with Gasteiger partial charge in [0.05, 0.1) is 13.1 Å². The van der Waals surface area contributed by atoms with Crippen molar-refractivity contribution >= 4 is 5.84 Å². The largest absolute Gasteiger partial charge is 0.345 e. The summed E-state index contributed by atoms with van der Waals surface area (Å²) in [6.45, 7) is 9.10. The van der Waals surface area contributed by atoms with Crippen LogP contribution in [0.2, 0.25) is 0 Å². The van der Waals surface area contributed by atoms with Crippen molar-refractivity contribution in [2.75, 3.05) is 19.6 Å². The highest BCUT2D eigenvalue weighted by molar-refractivity contribution is 5.77. The van der Waals surface area contributed by atoms with Gasteiger partial charge in [0.1, 0.15) is 6.54 Å². The molecule has 0 amide bonds. The number of aliphatic hydroxyl groups excluding tert-OH is 1. The van der Waals surface area contributed by atoms with E-state index in [-0.39, 0.29) is 6.23 Å². The maximum absolute atomic E-state index is 10.1. The number of likely N-dealkylation sites (N-methyl/N-ethyl adjacent to an activating group) is 1. The fraction of sp³-hybridized carbons (Fsp3) is 0.842. The second kappa shape index (κ2) is 11.0. The van der Waals surface area contributed by atoms with Crippen molar-refractivity contribution < 1.29 is 9.59 Å². The van der Waals surface area contributed by atoms with Crippen LogP contribution in [0.3, 0.4) is 0 Å². The van der Waals surface area contributed by atoms with Gasteiger partial charge < -0.3 is 5.11 Å².